The fourth-order valence-electron chi connectivity index (χ4n) is 1.84. The lowest BCUT2D eigenvalue weighted by molar-refractivity contribution is 0.284. The molecular weight excluding hydrogens is 310 g/mol. The summed E-state index contributed by atoms with van der Waals surface area (Å²) in [6.07, 6.45) is 1.66. The zero-order chi connectivity index (χ0) is 16.5. The summed E-state index contributed by atoms with van der Waals surface area (Å²) < 4.78 is 11.2. The molecule has 0 aliphatic rings. The van der Waals surface area contributed by atoms with Crippen LogP contribution in [0.1, 0.15) is 11.1 Å². The fourth-order valence-corrected chi connectivity index (χ4v) is 1.89. The van der Waals surface area contributed by atoms with Gasteiger partial charge in [0, 0.05) is 7.05 Å². The zero-order valence-electron chi connectivity index (χ0n) is 13.1. The van der Waals surface area contributed by atoms with Gasteiger partial charge < -0.3 is 14.8 Å². The minimum Gasteiger partial charge on any atom is -0.493 e. The minimum atomic E-state index is 0.455. The van der Waals surface area contributed by atoms with Crippen molar-refractivity contribution in [2.75, 3.05) is 14.2 Å². The molecule has 0 saturated heterocycles. The molecule has 0 atom stereocenters. The Morgan fingerprint density at radius 1 is 1.17 bits per heavy atom. The Kier molecular flexibility index (Phi) is 6.38. The molecule has 0 spiro atoms. The number of benzene rings is 2. The van der Waals surface area contributed by atoms with Crippen molar-refractivity contribution >= 4 is 23.5 Å². The molecule has 2 aromatic carbocycles. The largest absolute Gasteiger partial charge is 0.493 e. The summed E-state index contributed by atoms with van der Waals surface area (Å²) in [6, 6.07) is 15.6. The Balaban J connectivity index is 2.02. The quantitative estimate of drug-likeness (QED) is 0.485. The number of methoxy groups -OCH3 is 1. The lowest BCUT2D eigenvalue weighted by Crippen LogP contribution is -2.28. The van der Waals surface area contributed by atoms with Gasteiger partial charge in [-0.05, 0) is 41.5 Å². The number of nitrogens with zero attached hydrogens (tertiary/aromatic N) is 1. The van der Waals surface area contributed by atoms with E-state index in [0.29, 0.717) is 23.2 Å². The molecule has 0 unspecified atom stereocenters. The molecule has 0 heterocycles. The smallest absolute Gasteiger partial charge is 0.186 e. The van der Waals surface area contributed by atoms with E-state index in [1.54, 1.807) is 20.4 Å². The molecule has 0 fully saturated rings. The number of hydrazone groups is 1. The van der Waals surface area contributed by atoms with Gasteiger partial charge in [-0.3, -0.25) is 5.43 Å². The first-order valence-corrected chi connectivity index (χ1v) is 7.49. The van der Waals surface area contributed by atoms with Crippen molar-refractivity contribution in [1.29, 1.82) is 0 Å². The second-order valence-electron chi connectivity index (χ2n) is 4.63. The third-order valence-corrected chi connectivity index (χ3v) is 3.33. The maximum atomic E-state index is 5.81. The Hall–Kier alpha value is -2.60. The van der Waals surface area contributed by atoms with Crippen LogP contribution in [0.4, 0.5) is 0 Å². The summed E-state index contributed by atoms with van der Waals surface area (Å²) in [4.78, 5) is 0. The van der Waals surface area contributed by atoms with Crippen LogP contribution in [0.25, 0.3) is 0 Å². The number of rotatable bonds is 6. The third kappa shape index (κ3) is 5.27. The maximum Gasteiger partial charge on any atom is 0.186 e. The van der Waals surface area contributed by atoms with E-state index in [9.17, 15) is 0 Å². The first kappa shape index (κ1) is 16.8. The molecule has 0 amide bonds. The Bertz CT molecular complexity index is 675. The van der Waals surface area contributed by atoms with E-state index in [4.69, 9.17) is 21.7 Å². The lowest BCUT2D eigenvalue weighted by Gasteiger charge is -2.11. The van der Waals surface area contributed by atoms with Crippen molar-refractivity contribution in [2.45, 2.75) is 6.61 Å². The number of hydrogen-bond donors (Lipinski definition) is 2. The summed E-state index contributed by atoms with van der Waals surface area (Å²) in [5.41, 5.74) is 4.67. The predicted molar refractivity (Wildman–Crippen MR) is 96.2 cm³/mol. The molecule has 23 heavy (non-hydrogen) atoms. The molecule has 120 valence electrons. The predicted octanol–water partition coefficient (Wildman–Crippen LogP) is 2.70. The van der Waals surface area contributed by atoms with Crippen LogP contribution >= 0.6 is 12.2 Å². The Labute approximate surface area is 141 Å². The van der Waals surface area contributed by atoms with Crippen LogP contribution in [0.15, 0.2) is 53.6 Å². The highest BCUT2D eigenvalue weighted by molar-refractivity contribution is 7.80. The maximum absolute atomic E-state index is 5.81. The topological polar surface area (TPSA) is 54.9 Å². The van der Waals surface area contributed by atoms with E-state index >= 15 is 0 Å². The summed E-state index contributed by atoms with van der Waals surface area (Å²) >= 11 is 4.94. The van der Waals surface area contributed by atoms with E-state index in [1.165, 1.54) is 0 Å². The van der Waals surface area contributed by atoms with Gasteiger partial charge >= 0.3 is 0 Å². The van der Waals surface area contributed by atoms with Gasteiger partial charge in [0.2, 0.25) is 0 Å². The normalized spacial score (nSPS) is 10.3. The molecule has 0 saturated carbocycles. The zero-order valence-corrected chi connectivity index (χ0v) is 13.9. The average molecular weight is 329 g/mol. The molecule has 0 aromatic heterocycles. The van der Waals surface area contributed by atoms with Crippen LogP contribution in [-0.4, -0.2) is 25.5 Å². The van der Waals surface area contributed by atoms with Crippen molar-refractivity contribution in [1.82, 2.24) is 10.7 Å². The van der Waals surface area contributed by atoms with Crippen molar-refractivity contribution in [2.24, 2.45) is 5.10 Å². The van der Waals surface area contributed by atoms with E-state index < -0.39 is 0 Å². The number of nitrogens with one attached hydrogen (secondary N) is 2. The standard InChI is InChI=1S/C17H19N3O2S/c1-18-17(23)20-19-11-14-8-9-15(16(10-14)21-2)22-12-13-6-4-3-5-7-13/h3-11H,12H2,1-2H3,(H2,18,20,23)/b19-11-. The van der Waals surface area contributed by atoms with Crippen molar-refractivity contribution in [3.05, 3.63) is 59.7 Å². The minimum absolute atomic E-state index is 0.455. The van der Waals surface area contributed by atoms with E-state index in [1.807, 2.05) is 48.5 Å². The van der Waals surface area contributed by atoms with Crippen LogP contribution in [0.5, 0.6) is 11.5 Å². The number of ether oxygens (including phenoxy) is 2. The van der Waals surface area contributed by atoms with Crippen molar-refractivity contribution < 1.29 is 9.47 Å². The number of hydrogen-bond acceptors (Lipinski definition) is 4. The Morgan fingerprint density at radius 3 is 2.65 bits per heavy atom. The fraction of sp³-hybridized carbons (Fsp3) is 0.176. The van der Waals surface area contributed by atoms with Gasteiger partial charge in [0.15, 0.2) is 16.6 Å². The molecule has 5 nitrogen and oxygen atoms in total. The summed E-state index contributed by atoms with van der Waals surface area (Å²) in [5.74, 6) is 1.34. The van der Waals surface area contributed by atoms with Gasteiger partial charge in [0.25, 0.3) is 0 Å². The highest BCUT2D eigenvalue weighted by atomic mass is 32.1. The van der Waals surface area contributed by atoms with Crippen LogP contribution in [-0.2, 0) is 6.61 Å². The van der Waals surface area contributed by atoms with Gasteiger partial charge in [0.1, 0.15) is 6.61 Å². The lowest BCUT2D eigenvalue weighted by atomic mass is 10.2. The van der Waals surface area contributed by atoms with Gasteiger partial charge in [0.05, 0.1) is 13.3 Å². The van der Waals surface area contributed by atoms with E-state index in [2.05, 4.69) is 15.8 Å². The third-order valence-electron chi connectivity index (χ3n) is 3.03. The van der Waals surface area contributed by atoms with Crippen molar-refractivity contribution in [3.8, 4) is 11.5 Å². The summed E-state index contributed by atoms with van der Waals surface area (Å²) in [5, 5.41) is 7.27. The molecule has 6 heteroatoms. The van der Waals surface area contributed by atoms with Crippen LogP contribution in [0.3, 0.4) is 0 Å². The Morgan fingerprint density at radius 2 is 1.96 bits per heavy atom. The second kappa shape index (κ2) is 8.75. The molecule has 2 rings (SSSR count). The molecule has 0 radical (unpaired) electrons. The molecule has 2 aromatic rings. The SMILES string of the molecule is CNC(=S)N/N=C\c1ccc(OCc2ccccc2)c(OC)c1. The molecule has 0 bridgehead atoms. The van der Waals surface area contributed by atoms with Gasteiger partial charge in [-0.15, -0.1) is 0 Å². The number of thiocarbonyl (C=S) groups is 1. The van der Waals surface area contributed by atoms with Gasteiger partial charge in [-0.1, -0.05) is 30.3 Å². The molecule has 0 aliphatic carbocycles. The first-order valence-electron chi connectivity index (χ1n) is 7.08. The van der Waals surface area contributed by atoms with Crippen molar-refractivity contribution in [3.63, 3.8) is 0 Å². The second-order valence-corrected chi connectivity index (χ2v) is 5.04. The first-order chi connectivity index (χ1) is 11.2. The average Bonchev–Trinajstić information content (AvgIpc) is 2.61. The van der Waals surface area contributed by atoms with Gasteiger partial charge in [-0.25, -0.2) is 0 Å². The highest BCUT2D eigenvalue weighted by Gasteiger charge is 2.05. The highest BCUT2D eigenvalue weighted by Crippen LogP contribution is 2.28. The van der Waals surface area contributed by atoms with Crippen LogP contribution in [0.2, 0.25) is 0 Å². The van der Waals surface area contributed by atoms with E-state index in [-0.39, 0.29) is 0 Å². The van der Waals surface area contributed by atoms with Crippen LogP contribution < -0.4 is 20.2 Å². The van der Waals surface area contributed by atoms with E-state index in [0.717, 1.165) is 11.1 Å². The molecular formula is C17H19N3O2S. The summed E-state index contributed by atoms with van der Waals surface area (Å²) in [7, 11) is 3.34. The van der Waals surface area contributed by atoms with Crippen LogP contribution in [0, 0.1) is 0 Å². The monoisotopic (exact) mass is 329 g/mol. The molecule has 0 aliphatic heterocycles. The summed E-state index contributed by atoms with van der Waals surface area (Å²) in [6.45, 7) is 0.489. The van der Waals surface area contributed by atoms with Gasteiger partial charge in [-0.2, -0.15) is 5.10 Å². The molecule has 2 N–H and O–H groups in total.